The number of piperidine rings is 1. The predicted octanol–water partition coefficient (Wildman–Crippen LogP) is 2.22. The lowest BCUT2D eigenvalue weighted by molar-refractivity contribution is 0.192. The Bertz CT molecular complexity index is 500. The van der Waals surface area contributed by atoms with Crippen LogP contribution in [-0.4, -0.2) is 25.4 Å². The Hall–Kier alpha value is 0.0500. The molecule has 0 aliphatic carbocycles. The zero-order valence-electron chi connectivity index (χ0n) is 9.47. The molecule has 0 aromatic carbocycles. The molecule has 0 bridgehead atoms. The molecule has 1 fully saturated rings. The fourth-order valence-electron chi connectivity index (χ4n) is 2.01. The van der Waals surface area contributed by atoms with Gasteiger partial charge in [-0.15, -0.1) is 11.3 Å². The zero-order valence-corrected chi connectivity index (χ0v) is 12.7. The van der Waals surface area contributed by atoms with Crippen LogP contribution in [0.4, 0.5) is 0 Å². The molecule has 96 valence electrons. The van der Waals surface area contributed by atoms with E-state index in [2.05, 4.69) is 15.9 Å². The van der Waals surface area contributed by atoms with Gasteiger partial charge in [0.25, 0.3) is 10.0 Å². The van der Waals surface area contributed by atoms with E-state index in [1.54, 1.807) is 12.1 Å². The summed E-state index contributed by atoms with van der Waals surface area (Å²) in [5.74, 6) is 0.210. The average molecular weight is 339 g/mol. The predicted molar refractivity (Wildman–Crippen MR) is 72.3 cm³/mol. The van der Waals surface area contributed by atoms with Crippen molar-refractivity contribution in [3.05, 3.63) is 15.9 Å². The van der Waals surface area contributed by atoms with Crippen molar-refractivity contribution >= 4 is 37.3 Å². The molecular formula is C10H15BrN2O2S2. The summed E-state index contributed by atoms with van der Waals surface area (Å²) in [5.41, 5.74) is 5.99. The molecule has 0 spiro atoms. The van der Waals surface area contributed by atoms with Gasteiger partial charge in [0.2, 0.25) is 0 Å². The minimum Gasteiger partial charge on any atom is -0.315 e. The Morgan fingerprint density at radius 2 is 2.24 bits per heavy atom. The van der Waals surface area contributed by atoms with Gasteiger partial charge in [0.15, 0.2) is 0 Å². The van der Waals surface area contributed by atoms with Gasteiger partial charge in [0.1, 0.15) is 4.21 Å². The smallest absolute Gasteiger partial charge is 0.253 e. The fraction of sp³-hybridized carbons (Fsp3) is 0.600. The molecular weight excluding hydrogens is 324 g/mol. The first kappa shape index (κ1) is 13.5. The first-order valence-electron chi connectivity index (χ1n) is 5.45. The van der Waals surface area contributed by atoms with Crippen LogP contribution in [0.1, 0.15) is 19.8 Å². The molecule has 1 aliphatic rings. The highest BCUT2D eigenvalue weighted by molar-refractivity contribution is 9.11. The molecule has 0 amide bonds. The third-order valence-electron chi connectivity index (χ3n) is 3.07. The van der Waals surface area contributed by atoms with E-state index >= 15 is 0 Å². The SMILES string of the molecule is CC1CCCN(S(=O)(=O)c2ccc(Br)s2)C1N. The molecule has 1 aliphatic heterocycles. The number of sulfonamides is 1. The van der Waals surface area contributed by atoms with Gasteiger partial charge in [-0.3, -0.25) is 0 Å². The molecule has 0 saturated carbocycles. The molecule has 2 rings (SSSR count). The lowest BCUT2D eigenvalue weighted by atomic mass is 9.99. The van der Waals surface area contributed by atoms with E-state index < -0.39 is 16.2 Å². The molecule has 2 heterocycles. The highest BCUT2D eigenvalue weighted by atomic mass is 79.9. The van der Waals surface area contributed by atoms with Gasteiger partial charge in [-0.1, -0.05) is 6.92 Å². The van der Waals surface area contributed by atoms with Crippen LogP contribution < -0.4 is 5.73 Å². The first-order valence-corrected chi connectivity index (χ1v) is 8.50. The van der Waals surface area contributed by atoms with Gasteiger partial charge in [-0.05, 0) is 46.8 Å². The van der Waals surface area contributed by atoms with Crippen molar-refractivity contribution in [2.75, 3.05) is 6.54 Å². The maximum atomic E-state index is 12.4. The molecule has 2 unspecified atom stereocenters. The third-order valence-corrected chi connectivity index (χ3v) is 7.05. The van der Waals surface area contributed by atoms with Crippen molar-refractivity contribution in [1.82, 2.24) is 4.31 Å². The summed E-state index contributed by atoms with van der Waals surface area (Å²) in [5, 5.41) is 0. The van der Waals surface area contributed by atoms with E-state index in [0.717, 1.165) is 16.6 Å². The number of nitrogens with zero attached hydrogens (tertiary/aromatic N) is 1. The normalized spacial score (nSPS) is 27.2. The van der Waals surface area contributed by atoms with Crippen molar-refractivity contribution in [3.8, 4) is 0 Å². The van der Waals surface area contributed by atoms with E-state index in [1.165, 1.54) is 15.6 Å². The number of rotatable bonds is 2. The molecule has 1 saturated heterocycles. The van der Waals surface area contributed by atoms with E-state index in [4.69, 9.17) is 5.73 Å². The summed E-state index contributed by atoms with van der Waals surface area (Å²) < 4.78 is 27.4. The second-order valence-electron chi connectivity index (χ2n) is 4.28. The Balaban J connectivity index is 2.32. The molecule has 2 N–H and O–H groups in total. The monoisotopic (exact) mass is 338 g/mol. The molecule has 2 atom stereocenters. The van der Waals surface area contributed by atoms with Crippen molar-refractivity contribution in [1.29, 1.82) is 0 Å². The number of halogens is 1. The summed E-state index contributed by atoms with van der Waals surface area (Å²) in [6.45, 7) is 2.51. The topological polar surface area (TPSA) is 63.4 Å². The van der Waals surface area contributed by atoms with Crippen LogP contribution in [-0.2, 0) is 10.0 Å². The van der Waals surface area contributed by atoms with E-state index in [1.807, 2.05) is 6.92 Å². The Morgan fingerprint density at radius 3 is 2.82 bits per heavy atom. The van der Waals surface area contributed by atoms with Gasteiger partial charge < -0.3 is 5.73 Å². The number of thiophene rings is 1. The van der Waals surface area contributed by atoms with Gasteiger partial charge in [0.05, 0.1) is 9.95 Å². The molecule has 4 nitrogen and oxygen atoms in total. The molecule has 1 aromatic rings. The van der Waals surface area contributed by atoms with E-state index in [0.29, 0.717) is 10.8 Å². The summed E-state index contributed by atoms with van der Waals surface area (Å²) in [7, 11) is -3.43. The van der Waals surface area contributed by atoms with Gasteiger partial charge >= 0.3 is 0 Å². The van der Waals surface area contributed by atoms with Crippen molar-refractivity contribution in [2.24, 2.45) is 11.7 Å². The minimum absolute atomic E-state index is 0.210. The maximum absolute atomic E-state index is 12.4. The lowest BCUT2D eigenvalue weighted by Crippen LogP contribution is -2.52. The Kier molecular flexibility index (Phi) is 3.94. The summed E-state index contributed by atoms with van der Waals surface area (Å²) in [6, 6.07) is 3.37. The van der Waals surface area contributed by atoms with Crippen LogP contribution in [0.25, 0.3) is 0 Å². The number of nitrogens with two attached hydrogens (primary N) is 1. The van der Waals surface area contributed by atoms with Crippen LogP contribution >= 0.6 is 27.3 Å². The summed E-state index contributed by atoms with van der Waals surface area (Å²) >= 11 is 4.50. The van der Waals surface area contributed by atoms with Crippen LogP contribution in [0.15, 0.2) is 20.1 Å². The largest absolute Gasteiger partial charge is 0.315 e. The molecule has 0 radical (unpaired) electrons. The molecule has 7 heteroatoms. The number of hydrogen-bond donors (Lipinski definition) is 1. The maximum Gasteiger partial charge on any atom is 0.253 e. The Labute approximate surface area is 114 Å². The van der Waals surface area contributed by atoms with Gasteiger partial charge in [0, 0.05) is 6.54 Å². The molecule has 1 aromatic heterocycles. The Morgan fingerprint density at radius 1 is 1.53 bits per heavy atom. The van der Waals surface area contributed by atoms with Crippen LogP contribution in [0.3, 0.4) is 0 Å². The van der Waals surface area contributed by atoms with Gasteiger partial charge in [-0.25, -0.2) is 8.42 Å². The first-order chi connectivity index (χ1) is 7.93. The van der Waals surface area contributed by atoms with E-state index in [9.17, 15) is 8.42 Å². The van der Waals surface area contributed by atoms with Crippen LogP contribution in [0, 0.1) is 5.92 Å². The lowest BCUT2D eigenvalue weighted by Gasteiger charge is -2.35. The van der Waals surface area contributed by atoms with E-state index in [-0.39, 0.29) is 5.92 Å². The standard InChI is InChI=1S/C10H15BrN2O2S2/c1-7-3-2-6-13(10(7)12)17(14,15)9-5-4-8(11)16-9/h4-5,7,10H,2-3,6,12H2,1H3. The highest BCUT2D eigenvalue weighted by Crippen LogP contribution is 2.32. The fourth-order valence-corrected chi connectivity index (χ4v) is 5.79. The second kappa shape index (κ2) is 4.97. The quantitative estimate of drug-likeness (QED) is 0.899. The van der Waals surface area contributed by atoms with Gasteiger partial charge in [-0.2, -0.15) is 4.31 Å². The van der Waals surface area contributed by atoms with Crippen LogP contribution in [0.5, 0.6) is 0 Å². The highest BCUT2D eigenvalue weighted by Gasteiger charge is 2.35. The number of hydrogen-bond acceptors (Lipinski definition) is 4. The average Bonchev–Trinajstić information content (AvgIpc) is 2.69. The zero-order chi connectivity index (χ0) is 12.6. The third kappa shape index (κ3) is 2.58. The molecule has 17 heavy (non-hydrogen) atoms. The second-order valence-corrected chi connectivity index (χ2v) is 8.86. The van der Waals surface area contributed by atoms with Crippen molar-refractivity contribution < 1.29 is 8.42 Å². The van der Waals surface area contributed by atoms with Crippen molar-refractivity contribution in [3.63, 3.8) is 0 Å². The minimum atomic E-state index is -3.43. The summed E-state index contributed by atoms with van der Waals surface area (Å²) in [4.78, 5) is 0. The van der Waals surface area contributed by atoms with Crippen molar-refractivity contribution in [2.45, 2.75) is 30.1 Å². The van der Waals surface area contributed by atoms with Crippen LogP contribution in [0.2, 0.25) is 0 Å². The summed E-state index contributed by atoms with van der Waals surface area (Å²) in [6.07, 6.45) is 1.46.